The van der Waals surface area contributed by atoms with Gasteiger partial charge in [0.1, 0.15) is 0 Å². The van der Waals surface area contributed by atoms with Crippen molar-refractivity contribution in [2.75, 3.05) is 13.1 Å². The fraction of sp³-hybridized carbons (Fsp3) is 0.381. The molecule has 3 aromatic rings. The van der Waals surface area contributed by atoms with Crippen LogP contribution in [-0.2, 0) is 6.54 Å². The molecule has 0 saturated carbocycles. The van der Waals surface area contributed by atoms with E-state index in [1.54, 1.807) is 0 Å². The molecule has 0 saturated heterocycles. The number of aromatic nitrogens is 2. The molecule has 27 heavy (non-hydrogen) atoms. The summed E-state index contributed by atoms with van der Waals surface area (Å²) >= 11 is 0. The molecule has 0 unspecified atom stereocenters. The lowest BCUT2D eigenvalue weighted by Gasteiger charge is -2.23. The highest BCUT2D eigenvalue weighted by Crippen LogP contribution is 2.26. The molecule has 1 amide bonds. The Hall–Kier alpha value is -2.73. The van der Waals surface area contributed by atoms with Crippen molar-refractivity contribution in [3.05, 3.63) is 58.9 Å². The summed E-state index contributed by atoms with van der Waals surface area (Å²) in [4.78, 5) is 19.8. The Kier molecular flexibility index (Phi) is 5.86. The Morgan fingerprint density at radius 2 is 2.00 bits per heavy atom. The highest BCUT2D eigenvalue weighted by atomic mass is 16.5. The molecule has 0 atom stereocenters. The van der Waals surface area contributed by atoms with Gasteiger partial charge in [-0.1, -0.05) is 49.3 Å². The van der Waals surface area contributed by atoms with E-state index in [2.05, 4.69) is 10.1 Å². The number of carbonyl (C=O) groups excluding carboxylic acids is 1. The lowest BCUT2D eigenvalue weighted by atomic mass is 10.0. The average molecular weight is 366 g/mol. The lowest BCUT2D eigenvalue weighted by Crippen LogP contribution is -2.33. The predicted octanol–water partition coefficient (Wildman–Crippen LogP) is 3.65. The molecule has 0 aliphatic rings. The van der Waals surface area contributed by atoms with E-state index < -0.39 is 0 Å². The Balaban J connectivity index is 2.03. The predicted molar refractivity (Wildman–Crippen MR) is 105 cm³/mol. The summed E-state index contributed by atoms with van der Waals surface area (Å²) < 4.78 is 5.36. The van der Waals surface area contributed by atoms with Crippen molar-refractivity contribution in [1.29, 1.82) is 0 Å². The maximum atomic E-state index is 13.5. The number of carbonyl (C=O) groups is 1. The Labute approximate surface area is 159 Å². The molecule has 142 valence electrons. The van der Waals surface area contributed by atoms with Crippen molar-refractivity contribution >= 4 is 17.0 Å². The number of pyridine rings is 1. The highest BCUT2D eigenvalue weighted by Gasteiger charge is 2.23. The standard InChI is InChI=1S/C21H26N4O2/c1-14(2)18-12-17(19-15(3)24-27-20(19)23-18)21(26)25(11-7-10-22)13-16-8-5-4-6-9-16/h4-6,8-9,12,14H,7,10-11,13,22H2,1-3H3. The number of rotatable bonds is 7. The van der Waals surface area contributed by atoms with Crippen LogP contribution in [0.2, 0.25) is 0 Å². The monoisotopic (exact) mass is 366 g/mol. The molecule has 0 spiro atoms. The number of fused-ring (bicyclic) bond motifs is 1. The summed E-state index contributed by atoms with van der Waals surface area (Å²) in [7, 11) is 0. The number of aryl methyl sites for hydroxylation is 1. The van der Waals surface area contributed by atoms with Crippen molar-refractivity contribution < 1.29 is 9.32 Å². The summed E-state index contributed by atoms with van der Waals surface area (Å²) in [6, 6.07) is 11.8. The van der Waals surface area contributed by atoms with Crippen LogP contribution in [0.4, 0.5) is 0 Å². The van der Waals surface area contributed by atoms with E-state index in [1.807, 2.05) is 62.1 Å². The first-order valence-corrected chi connectivity index (χ1v) is 9.31. The van der Waals surface area contributed by atoms with E-state index in [0.717, 1.165) is 17.7 Å². The third kappa shape index (κ3) is 4.17. The normalized spacial score (nSPS) is 11.3. The number of hydrogen-bond acceptors (Lipinski definition) is 5. The second-order valence-corrected chi connectivity index (χ2v) is 7.05. The van der Waals surface area contributed by atoms with Crippen LogP contribution < -0.4 is 5.73 Å². The van der Waals surface area contributed by atoms with Gasteiger partial charge in [0, 0.05) is 18.8 Å². The van der Waals surface area contributed by atoms with Crippen LogP contribution in [0.5, 0.6) is 0 Å². The smallest absolute Gasteiger partial charge is 0.259 e. The molecule has 0 aliphatic heterocycles. The topological polar surface area (TPSA) is 85.2 Å². The van der Waals surface area contributed by atoms with Gasteiger partial charge in [-0.05, 0) is 37.4 Å². The van der Waals surface area contributed by atoms with Crippen molar-refractivity contribution in [3.63, 3.8) is 0 Å². The first-order valence-electron chi connectivity index (χ1n) is 9.31. The molecule has 0 radical (unpaired) electrons. The minimum absolute atomic E-state index is 0.0482. The molecule has 0 aliphatic carbocycles. The summed E-state index contributed by atoms with van der Waals surface area (Å²) in [6.07, 6.45) is 0.743. The van der Waals surface area contributed by atoms with E-state index in [0.29, 0.717) is 42.0 Å². The average Bonchev–Trinajstić information content (AvgIpc) is 3.05. The van der Waals surface area contributed by atoms with Crippen LogP contribution in [0.1, 0.15) is 53.5 Å². The van der Waals surface area contributed by atoms with Crippen LogP contribution in [0, 0.1) is 6.92 Å². The van der Waals surface area contributed by atoms with Crippen LogP contribution in [0.3, 0.4) is 0 Å². The molecule has 0 fully saturated rings. The van der Waals surface area contributed by atoms with Crippen LogP contribution in [-0.4, -0.2) is 34.0 Å². The first-order chi connectivity index (χ1) is 13.0. The van der Waals surface area contributed by atoms with Gasteiger partial charge < -0.3 is 15.2 Å². The molecule has 0 bridgehead atoms. The minimum atomic E-state index is -0.0482. The van der Waals surface area contributed by atoms with E-state index in [-0.39, 0.29) is 11.8 Å². The second kappa shape index (κ2) is 8.31. The number of amides is 1. The summed E-state index contributed by atoms with van der Waals surface area (Å²) in [5.41, 5.74) is 9.29. The fourth-order valence-corrected chi connectivity index (χ4v) is 3.09. The zero-order valence-corrected chi connectivity index (χ0v) is 16.1. The zero-order valence-electron chi connectivity index (χ0n) is 16.1. The van der Waals surface area contributed by atoms with E-state index >= 15 is 0 Å². The minimum Gasteiger partial charge on any atom is -0.336 e. The largest absolute Gasteiger partial charge is 0.336 e. The highest BCUT2D eigenvalue weighted by molar-refractivity contribution is 6.06. The Morgan fingerprint density at radius 1 is 1.26 bits per heavy atom. The van der Waals surface area contributed by atoms with Gasteiger partial charge in [0.25, 0.3) is 11.6 Å². The molecule has 2 heterocycles. The van der Waals surface area contributed by atoms with Crippen LogP contribution >= 0.6 is 0 Å². The number of benzene rings is 1. The van der Waals surface area contributed by atoms with Crippen LogP contribution in [0.15, 0.2) is 40.9 Å². The zero-order chi connectivity index (χ0) is 19.4. The molecule has 2 aromatic heterocycles. The summed E-state index contributed by atoms with van der Waals surface area (Å²) in [5.74, 6) is 0.130. The molecule has 3 rings (SSSR count). The van der Waals surface area contributed by atoms with Gasteiger partial charge in [0.05, 0.1) is 16.6 Å². The van der Waals surface area contributed by atoms with E-state index in [1.165, 1.54) is 0 Å². The summed E-state index contributed by atoms with van der Waals surface area (Å²) in [5, 5.41) is 4.71. The Bertz CT molecular complexity index is 919. The van der Waals surface area contributed by atoms with Gasteiger partial charge in [0.15, 0.2) is 0 Å². The first kappa shape index (κ1) is 19.0. The van der Waals surface area contributed by atoms with Crippen LogP contribution in [0.25, 0.3) is 11.1 Å². The van der Waals surface area contributed by atoms with Crippen molar-refractivity contribution in [2.24, 2.45) is 5.73 Å². The van der Waals surface area contributed by atoms with Crippen molar-refractivity contribution in [3.8, 4) is 0 Å². The quantitative estimate of drug-likeness (QED) is 0.690. The van der Waals surface area contributed by atoms with Crippen molar-refractivity contribution in [2.45, 2.75) is 39.7 Å². The third-order valence-corrected chi connectivity index (χ3v) is 4.59. The Morgan fingerprint density at radius 3 is 2.67 bits per heavy atom. The molecule has 6 heteroatoms. The number of nitrogens with two attached hydrogens (primary N) is 1. The van der Waals surface area contributed by atoms with Crippen molar-refractivity contribution in [1.82, 2.24) is 15.0 Å². The van der Waals surface area contributed by atoms with Gasteiger partial charge in [-0.15, -0.1) is 0 Å². The summed E-state index contributed by atoms with van der Waals surface area (Å²) in [6.45, 7) is 7.58. The van der Waals surface area contributed by atoms with Gasteiger partial charge >= 0.3 is 0 Å². The SMILES string of the molecule is Cc1noc2nc(C(C)C)cc(C(=O)N(CCCN)Cc3ccccc3)c12. The van der Waals surface area contributed by atoms with E-state index in [9.17, 15) is 4.79 Å². The maximum Gasteiger partial charge on any atom is 0.259 e. The maximum absolute atomic E-state index is 13.5. The molecule has 2 N–H and O–H groups in total. The number of nitrogens with zero attached hydrogens (tertiary/aromatic N) is 3. The molecule has 6 nitrogen and oxygen atoms in total. The van der Waals surface area contributed by atoms with Gasteiger partial charge in [-0.3, -0.25) is 4.79 Å². The van der Waals surface area contributed by atoms with Gasteiger partial charge in [0.2, 0.25) is 0 Å². The third-order valence-electron chi connectivity index (χ3n) is 4.59. The molecule has 1 aromatic carbocycles. The molecular weight excluding hydrogens is 340 g/mol. The second-order valence-electron chi connectivity index (χ2n) is 7.05. The van der Waals surface area contributed by atoms with Gasteiger partial charge in [-0.2, -0.15) is 0 Å². The fourth-order valence-electron chi connectivity index (χ4n) is 3.09. The van der Waals surface area contributed by atoms with Gasteiger partial charge in [-0.25, -0.2) is 4.98 Å². The van der Waals surface area contributed by atoms with E-state index in [4.69, 9.17) is 10.3 Å². The lowest BCUT2D eigenvalue weighted by molar-refractivity contribution is 0.0744. The number of hydrogen-bond donors (Lipinski definition) is 1. The molecular formula is C21H26N4O2.